The molecule has 0 aromatic heterocycles. The Balaban J connectivity index is 1.75. The highest BCUT2D eigenvalue weighted by Crippen LogP contribution is 2.49. The summed E-state index contributed by atoms with van der Waals surface area (Å²) in [6.45, 7) is 0. The van der Waals surface area contributed by atoms with Gasteiger partial charge in [-0.05, 0) is 43.2 Å². The summed E-state index contributed by atoms with van der Waals surface area (Å²) >= 11 is 0. The number of benzene rings is 1. The van der Waals surface area contributed by atoms with Crippen molar-refractivity contribution in [2.24, 2.45) is 5.73 Å². The van der Waals surface area contributed by atoms with Crippen molar-refractivity contribution >= 4 is 9.84 Å². The van der Waals surface area contributed by atoms with E-state index < -0.39 is 9.84 Å². The molecule has 3 nitrogen and oxygen atoms in total. The molecular weight excluding hydrogens is 258 g/mol. The smallest absolute Gasteiger partial charge is 0.148 e. The van der Waals surface area contributed by atoms with Gasteiger partial charge in [-0.2, -0.15) is 0 Å². The minimum absolute atomic E-state index is 0.0333. The lowest BCUT2D eigenvalue weighted by molar-refractivity contribution is 0.592. The predicted octanol–water partition coefficient (Wildman–Crippen LogP) is 1.80. The molecule has 0 spiro atoms. The maximum Gasteiger partial charge on any atom is 0.148 e. The highest BCUT2D eigenvalue weighted by molar-refractivity contribution is 7.90. The second kappa shape index (κ2) is 4.06. The maximum absolute atomic E-state index is 11.5. The average Bonchev–Trinajstić information content (AvgIpc) is 3.19. The molecule has 2 fully saturated rings. The lowest BCUT2D eigenvalue weighted by Gasteiger charge is -2.15. The van der Waals surface area contributed by atoms with Crippen LogP contribution in [0.15, 0.2) is 24.3 Å². The van der Waals surface area contributed by atoms with Gasteiger partial charge in [-0.3, -0.25) is 0 Å². The Morgan fingerprint density at radius 1 is 1.11 bits per heavy atom. The van der Waals surface area contributed by atoms with Crippen molar-refractivity contribution in [2.45, 2.75) is 43.1 Å². The zero-order valence-electron chi connectivity index (χ0n) is 11.4. The van der Waals surface area contributed by atoms with Crippen LogP contribution < -0.4 is 5.73 Å². The first-order chi connectivity index (χ1) is 8.80. The fourth-order valence-corrected chi connectivity index (χ4v) is 4.35. The number of sulfone groups is 1. The molecule has 0 aliphatic heterocycles. The van der Waals surface area contributed by atoms with Gasteiger partial charge < -0.3 is 5.73 Å². The molecule has 1 aromatic carbocycles. The van der Waals surface area contributed by atoms with Crippen LogP contribution in [0.4, 0.5) is 0 Å². The predicted molar refractivity (Wildman–Crippen MR) is 76.9 cm³/mol. The van der Waals surface area contributed by atoms with Gasteiger partial charge in [0.25, 0.3) is 0 Å². The monoisotopic (exact) mass is 279 g/mol. The number of hydrogen-bond acceptors (Lipinski definition) is 3. The Hall–Kier alpha value is -0.870. The first-order valence-electron chi connectivity index (χ1n) is 6.87. The molecule has 0 radical (unpaired) electrons. The van der Waals surface area contributed by atoms with Gasteiger partial charge in [0.15, 0.2) is 0 Å². The lowest BCUT2D eigenvalue weighted by Crippen LogP contribution is -2.24. The molecule has 2 N–H and O–H groups in total. The molecule has 2 saturated carbocycles. The Morgan fingerprint density at radius 2 is 1.68 bits per heavy atom. The fraction of sp³-hybridized carbons (Fsp3) is 0.600. The lowest BCUT2D eigenvalue weighted by atomic mass is 9.95. The molecule has 4 heteroatoms. The molecule has 0 heterocycles. The van der Waals surface area contributed by atoms with Crippen molar-refractivity contribution in [2.75, 3.05) is 12.0 Å². The van der Waals surface area contributed by atoms with Gasteiger partial charge in [-0.25, -0.2) is 8.42 Å². The van der Waals surface area contributed by atoms with Crippen LogP contribution in [0.25, 0.3) is 0 Å². The van der Waals surface area contributed by atoms with E-state index in [4.69, 9.17) is 5.73 Å². The molecule has 0 unspecified atom stereocenters. The summed E-state index contributed by atoms with van der Waals surface area (Å²) in [6.07, 6.45) is 6.47. The molecular formula is C15H21NO2S. The second-order valence-corrected chi connectivity index (χ2v) is 8.73. The van der Waals surface area contributed by atoms with Gasteiger partial charge in [-0.1, -0.05) is 24.3 Å². The molecule has 1 aromatic rings. The van der Waals surface area contributed by atoms with E-state index in [2.05, 4.69) is 24.3 Å². The molecule has 2 aliphatic carbocycles. The SMILES string of the molecule is CS(=O)(=O)CC1(c2ccc(CC3(N)CC3)cc2)CC1. The third kappa shape index (κ3) is 3.00. The van der Waals surface area contributed by atoms with Crippen molar-refractivity contribution in [3.05, 3.63) is 35.4 Å². The van der Waals surface area contributed by atoms with Crippen molar-refractivity contribution < 1.29 is 8.42 Å². The van der Waals surface area contributed by atoms with Crippen LogP contribution in [-0.4, -0.2) is 26.0 Å². The van der Waals surface area contributed by atoms with Crippen molar-refractivity contribution in [3.8, 4) is 0 Å². The van der Waals surface area contributed by atoms with E-state index in [9.17, 15) is 8.42 Å². The van der Waals surface area contributed by atoms with E-state index in [-0.39, 0.29) is 16.7 Å². The van der Waals surface area contributed by atoms with Gasteiger partial charge in [0.2, 0.25) is 0 Å². The molecule has 0 saturated heterocycles. The van der Waals surface area contributed by atoms with E-state index in [1.165, 1.54) is 17.4 Å². The fourth-order valence-electron chi connectivity index (χ4n) is 2.89. The Kier molecular flexibility index (Phi) is 2.81. The Morgan fingerprint density at radius 3 is 2.11 bits per heavy atom. The summed E-state index contributed by atoms with van der Waals surface area (Å²) in [5.74, 6) is 0.278. The van der Waals surface area contributed by atoms with Crippen molar-refractivity contribution in [1.82, 2.24) is 0 Å². The highest BCUT2D eigenvalue weighted by atomic mass is 32.2. The quantitative estimate of drug-likeness (QED) is 0.894. The molecule has 104 valence electrons. The minimum Gasteiger partial charge on any atom is -0.325 e. The van der Waals surface area contributed by atoms with Crippen LogP contribution in [0.3, 0.4) is 0 Å². The van der Waals surface area contributed by atoms with Gasteiger partial charge in [-0.15, -0.1) is 0 Å². The van der Waals surface area contributed by atoms with E-state index in [1.54, 1.807) is 0 Å². The molecule has 0 bridgehead atoms. The van der Waals surface area contributed by atoms with Gasteiger partial charge in [0.05, 0.1) is 5.75 Å². The van der Waals surface area contributed by atoms with Crippen LogP contribution in [0.1, 0.15) is 36.8 Å². The molecule has 2 aliphatic rings. The third-order valence-electron chi connectivity index (χ3n) is 4.41. The van der Waals surface area contributed by atoms with Crippen molar-refractivity contribution in [3.63, 3.8) is 0 Å². The zero-order valence-corrected chi connectivity index (χ0v) is 12.2. The minimum atomic E-state index is -2.92. The molecule has 0 atom stereocenters. The summed E-state index contributed by atoms with van der Waals surface area (Å²) in [4.78, 5) is 0. The summed E-state index contributed by atoms with van der Waals surface area (Å²) in [6, 6.07) is 8.42. The van der Waals surface area contributed by atoms with E-state index >= 15 is 0 Å². The first kappa shape index (κ1) is 13.1. The molecule has 0 amide bonds. The van der Waals surface area contributed by atoms with Gasteiger partial charge in [0, 0.05) is 17.2 Å². The van der Waals surface area contributed by atoms with Crippen LogP contribution in [-0.2, 0) is 21.7 Å². The van der Waals surface area contributed by atoms with E-state index in [0.29, 0.717) is 0 Å². The maximum atomic E-state index is 11.5. The molecule has 19 heavy (non-hydrogen) atoms. The van der Waals surface area contributed by atoms with Gasteiger partial charge >= 0.3 is 0 Å². The summed E-state index contributed by atoms with van der Waals surface area (Å²) in [5.41, 5.74) is 8.48. The van der Waals surface area contributed by atoms with Crippen LogP contribution in [0.2, 0.25) is 0 Å². The number of nitrogens with two attached hydrogens (primary N) is 1. The molecule has 3 rings (SSSR count). The second-order valence-electron chi connectivity index (χ2n) is 6.59. The van der Waals surface area contributed by atoms with E-state index in [0.717, 1.165) is 32.1 Å². The number of rotatable bonds is 5. The third-order valence-corrected chi connectivity index (χ3v) is 5.48. The largest absolute Gasteiger partial charge is 0.325 e. The van der Waals surface area contributed by atoms with Crippen LogP contribution in [0, 0.1) is 0 Å². The first-order valence-corrected chi connectivity index (χ1v) is 8.93. The summed E-state index contributed by atoms with van der Waals surface area (Å²) in [7, 11) is -2.92. The zero-order chi connectivity index (χ0) is 13.7. The van der Waals surface area contributed by atoms with Crippen LogP contribution >= 0.6 is 0 Å². The highest BCUT2D eigenvalue weighted by Gasteiger charge is 2.46. The van der Waals surface area contributed by atoms with Crippen LogP contribution in [0.5, 0.6) is 0 Å². The standard InChI is InChI=1S/C15H21NO2S/c1-19(17,18)11-14(6-7-14)13-4-2-12(3-5-13)10-15(16)8-9-15/h2-5H,6-11,16H2,1H3. The normalized spacial score (nSPS) is 23.1. The summed E-state index contributed by atoms with van der Waals surface area (Å²) in [5, 5.41) is 0. The number of hydrogen-bond donors (Lipinski definition) is 1. The Bertz CT molecular complexity index is 581. The Labute approximate surface area is 115 Å². The topological polar surface area (TPSA) is 60.2 Å². The van der Waals surface area contributed by atoms with Gasteiger partial charge in [0.1, 0.15) is 9.84 Å². The summed E-state index contributed by atoms with van der Waals surface area (Å²) < 4.78 is 23.0. The van der Waals surface area contributed by atoms with E-state index in [1.807, 2.05) is 0 Å². The average molecular weight is 279 g/mol. The van der Waals surface area contributed by atoms with Crippen molar-refractivity contribution in [1.29, 1.82) is 0 Å².